The number of hydrogen-bond acceptors (Lipinski definition) is 6. The first-order valence-electron chi connectivity index (χ1n) is 12.4. The summed E-state index contributed by atoms with van der Waals surface area (Å²) < 4.78 is 39.4. The van der Waals surface area contributed by atoms with E-state index in [4.69, 9.17) is 24.2 Å². The maximum Gasteiger partial charge on any atom is 0.252 e. The van der Waals surface area contributed by atoms with Crippen LogP contribution in [0.15, 0.2) is 48.5 Å². The van der Waals surface area contributed by atoms with Crippen molar-refractivity contribution in [1.29, 1.82) is 5.26 Å². The smallest absolute Gasteiger partial charge is 0.252 e. The summed E-state index contributed by atoms with van der Waals surface area (Å²) in [4.78, 5) is 13.6. The van der Waals surface area contributed by atoms with E-state index in [1.165, 1.54) is 6.07 Å². The molecular formula is C28H31FN2O5. The van der Waals surface area contributed by atoms with Gasteiger partial charge in [-0.3, -0.25) is 4.79 Å². The van der Waals surface area contributed by atoms with Crippen LogP contribution in [0.2, 0.25) is 0 Å². The van der Waals surface area contributed by atoms with Crippen LogP contribution in [-0.4, -0.2) is 41.6 Å². The number of nitrogens with zero attached hydrogens (tertiary/aromatic N) is 1. The lowest BCUT2D eigenvalue weighted by atomic mass is 9.78. The molecule has 0 unspecified atom stereocenters. The number of nitriles is 1. The average Bonchev–Trinajstić information content (AvgIpc) is 3.62. The van der Waals surface area contributed by atoms with Gasteiger partial charge in [0, 0.05) is 24.4 Å². The lowest BCUT2D eigenvalue weighted by Crippen LogP contribution is -2.60. The van der Waals surface area contributed by atoms with E-state index in [9.17, 15) is 9.18 Å². The molecule has 1 amide bonds. The van der Waals surface area contributed by atoms with Gasteiger partial charge in [-0.15, -0.1) is 0 Å². The van der Waals surface area contributed by atoms with Crippen molar-refractivity contribution < 1.29 is 28.1 Å². The summed E-state index contributed by atoms with van der Waals surface area (Å²) >= 11 is 0. The van der Waals surface area contributed by atoms with Gasteiger partial charge in [0.25, 0.3) is 5.91 Å². The van der Waals surface area contributed by atoms with Gasteiger partial charge in [0.05, 0.1) is 37.1 Å². The Labute approximate surface area is 210 Å². The summed E-state index contributed by atoms with van der Waals surface area (Å²) in [5, 5.41) is 12.1. The second kappa shape index (κ2) is 9.91. The second-order valence-electron chi connectivity index (χ2n) is 10.3. The number of rotatable bonds is 8. The Morgan fingerprint density at radius 1 is 1.11 bits per heavy atom. The molecule has 0 spiro atoms. The van der Waals surface area contributed by atoms with Gasteiger partial charge >= 0.3 is 0 Å². The monoisotopic (exact) mass is 494 g/mol. The van der Waals surface area contributed by atoms with Crippen molar-refractivity contribution in [2.45, 2.75) is 88.5 Å². The largest absolute Gasteiger partial charge is 0.371 e. The van der Waals surface area contributed by atoms with E-state index in [0.717, 1.165) is 18.4 Å². The lowest BCUT2D eigenvalue weighted by Gasteiger charge is -2.43. The van der Waals surface area contributed by atoms with E-state index in [1.807, 2.05) is 26.0 Å². The minimum Gasteiger partial charge on any atom is -0.371 e. The summed E-state index contributed by atoms with van der Waals surface area (Å²) in [6, 6.07) is 15.8. The van der Waals surface area contributed by atoms with E-state index < -0.39 is 23.6 Å². The van der Waals surface area contributed by atoms with Gasteiger partial charge in [-0.05, 0) is 50.5 Å². The van der Waals surface area contributed by atoms with Crippen LogP contribution in [0.1, 0.15) is 56.2 Å². The first-order valence-corrected chi connectivity index (χ1v) is 12.4. The van der Waals surface area contributed by atoms with E-state index >= 15 is 0 Å². The van der Waals surface area contributed by atoms with Crippen LogP contribution in [0.25, 0.3) is 0 Å². The molecule has 3 fully saturated rings. The molecule has 0 bridgehead atoms. The summed E-state index contributed by atoms with van der Waals surface area (Å²) in [7, 11) is 0. The third-order valence-electron chi connectivity index (χ3n) is 6.99. The number of halogens is 1. The molecule has 3 aliphatic rings. The zero-order chi connectivity index (χ0) is 25.3. The molecule has 1 aliphatic heterocycles. The summed E-state index contributed by atoms with van der Waals surface area (Å²) in [5.41, 5.74) is 0.598. The van der Waals surface area contributed by atoms with Gasteiger partial charge in [0.15, 0.2) is 11.4 Å². The number of carbonyl (C=O) groups is 1. The summed E-state index contributed by atoms with van der Waals surface area (Å²) in [6.45, 7) is 3.91. The Bertz CT molecular complexity index is 1140. The van der Waals surface area contributed by atoms with Gasteiger partial charge in [0.2, 0.25) is 0 Å². The fourth-order valence-electron chi connectivity index (χ4n) is 4.96. The Morgan fingerprint density at radius 3 is 2.56 bits per heavy atom. The van der Waals surface area contributed by atoms with Crippen LogP contribution in [0.3, 0.4) is 0 Å². The highest BCUT2D eigenvalue weighted by molar-refractivity contribution is 5.86. The maximum absolute atomic E-state index is 14.4. The number of fused-ring (bicyclic) bond motifs is 1. The molecule has 5 rings (SSSR count). The van der Waals surface area contributed by atoms with Crippen molar-refractivity contribution in [3.8, 4) is 6.07 Å². The first-order chi connectivity index (χ1) is 17.3. The van der Waals surface area contributed by atoms with Crippen molar-refractivity contribution in [2.75, 3.05) is 0 Å². The number of amides is 1. The third-order valence-corrected chi connectivity index (χ3v) is 6.99. The number of ether oxygens (including phenoxy) is 4. The van der Waals surface area contributed by atoms with Crippen molar-refractivity contribution >= 4 is 5.91 Å². The van der Waals surface area contributed by atoms with E-state index in [-0.39, 0.29) is 49.9 Å². The molecule has 0 aromatic heterocycles. The van der Waals surface area contributed by atoms with Crippen molar-refractivity contribution in [3.63, 3.8) is 0 Å². The molecule has 2 aromatic carbocycles. The Kier molecular flexibility index (Phi) is 6.84. The minimum absolute atomic E-state index is 0.0469. The minimum atomic E-state index is -1.26. The number of carbonyl (C=O) groups excluding carboxylic acids is 1. The molecule has 190 valence electrons. The van der Waals surface area contributed by atoms with Crippen LogP contribution in [0.5, 0.6) is 0 Å². The highest BCUT2D eigenvalue weighted by Gasteiger charge is 2.58. The van der Waals surface area contributed by atoms with Crippen LogP contribution in [0, 0.1) is 17.1 Å². The Hall–Kier alpha value is -2.83. The summed E-state index contributed by atoms with van der Waals surface area (Å²) in [6.07, 6.45) is 1.11. The zero-order valence-corrected chi connectivity index (χ0v) is 20.5. The molecule has 8 heteroatoms. The van der Waals surface area contributed by atoms with E-state index in [1.54, 1.807) is 30.3 Å². The third kappa shape index (κ3) is 5.45. The highest BCUT2D eigenvalue weighted by Crippen LogP contribution is 2.44. The van der Waals surface area contributed by atoms with Gasteiger partial charge < -0.3 is 24.3 Å². The molecule has 1 saturated heterocycles. The van der Waals surface area contributed by atoms with Crippen molar-refractivity contribution in [1.82, 2.24) is 5.32 Å². The van der Waals surface area contributed by atoms with Gasteiger partial charge in [-0.2, -0.15) is 5.26 Å². The van der Waals surface area contributed by atoms with Crippen LogP contribution in [-0.2, 0) is 37.0 Å². The van der Waals surface area contributed by atoms with Gasteiger partial charge in [-0.1, -0.05) is 30.3 Å². The summed E-state index contributed by atoms with van der Waals surface area (Å²) in [5.74, 6) is -1.43. The fraction of sp³-hybridized carbons (Fsp3) is 0.500. The lowest BCUT2D eigenvalue weighted by molar-refractivity contribution is -0.183. The molecule has 2 saturated carbocycles. The molecule has 7 nitrogen and oxygen atoms in total. The average molecular weight is 495 g/mol. The Morgan fingerprint density at radius 2 is 1.86 bits per heavy atom. The molecule has 2 aromatic rings. The predicted octanol–water partition coefficient (Wildman–Crippen LogP) is 4.13. The fourth-order valence-corrected chi connectivity index (χ4v) is 4.96. The molecular weight excluding hydrogens is 463 g/mol. The molecule has 0 radical (unpaired) electrons. The SMILES string of the molecule is CC1(C)O[C@H]2[C@@H](OCc3ccc(C#N)cc3)C[C@](OCc3ccccc3F)(C(=O)NC3CC3)C[C@H]2O1. The van der Waals surface area contributed by atoms with E-state index in [0.29, 0.717) is 11.1 Å². The van der Waals surface area contributed by atoms with Crippen LogP contribution < -0.4 is 5.32 Å². The van der Waals surface area contributed by atoms with Crippen LogP contribution >= 0.6 is 0 Å². The number of hydrogen-bond donors (Lipinski definition) is 1. The normalized spacial score (nSPS) is 28.8. The zero-order valence-electron chi connectivity index (χ0n) is 20.5. The highest BCUT2D eigenvalue weighted by atomic mass is 19.1. The first kappa shape index (κ1) is 24.8. The maximum atomic E-state index is 14.4. The quantitative estimate of drug-likeness (QED) is 0.594. The molecule has 36 heavy (non-hydrogen) atoms. The molecule has 4 atom stereocenters. The number of nitrogens with one attached hydrogen (secondary N) is 1. The standard InChI is InChI=1S/C28H31FN2O5/c1-27(2)35-24-14-28(26(32)31-21-11-12-21,34-17-20-5-3-4-6-22(20)29)13-23(25(24)36-27)33-16-19-9-7-18(15-30)8-10-19/h3-10,21,23-25H,11-14,16-17H2,1-2H3,(H,31,32)/t23-,24+,25-,28+/m0/s1. The topological polar surface area (TPSA) is 89.8 Å². The number of benzene rings is 2. The van der Waals surface area contributed by atoms with Crippen molar-refractivity contribution in [2.24, 2.45) is 0 Å². The van der Waals surface area contributed by atoms with E-state index in [2.05, 4.69) is 11.4 Å². The van der Waals surface area contributed by atoms with Crippen LogP contribution in [0.4, 0.5) is 4.39 Å². The predicted molar refractivity (Wildman–Crippen MR) is 128 cm³/mol. The van der Waals surface area contributed by atoms with Gasteiger partial charge in [-0.25, -0.2) is 4.39 Å². The Balaban J connectivity index is 1.40. The molecule has 2 aliphatic carbocycles. The molecule has 1 N–H and O–H groups in total. The van der Waals surface area contributed by atoms with Crippen molar-refractivity contribution in [3.05, 3.63) is 71.0 Å². The molecule has 1 heterocycles. The van der Waals surface area contributed by atoms with Gasteiger partial charge in [0.1, 0.15) is 11.9 Å². The second-order valence-corrected chi connectivity index (χ2v) is 10.3.